The molecule has 2 N–H and O–H groups in total. The predicted molar refractivity (Wildman–Crippen MR) is 81.3 cm³/mol. The summed E-state index contributed by atoms with van der Waals surface area (Å²) >= 11 is 6.06. The molecule has 1 aromatic carbocycles. The average molecular weight is 304 g/mol. The minimum Gasteiger partial charge on any atom is -0.327 e. The molecular formula is C14H22ClNO2S. The SMILES string of the molecule is CC(C)(C)S(=O)(=O)CCC(N)Cc1ccccc1Cl. The molecule has 108 valence electrons. The van der Waals surface area contributed by atoms with E-state index in [9.17, 15) is 8.42 Å². The van der Waals surface area contributed by atoms with Crippen LogP contribution in [0, 0.1) is 0 Å². The Kier molecular flexibility index (Phi) is 5.42. The first-order chi connectivity index (χ1) is 8.63. The van der Waals surface area contributed by atoms with Crippen LogP contribution >= 0.6 is 11.6 Å². The smallest absolute Gasteiger partial charge is 0.155 e. The summed E-state index contributed by atoms with van der Waals surface area (Å²) in [5, 5.41) is 0.677. The molecule has 0 radical (unpaired) electrons. The third-order valence-electron chi connectivity index (χ3n) is 3.13. The van der Waals surface area contributed by atoms with Crippen LogP contribution in [0.1, 0.15) is 32.8 Å². The fraction of sp³-hybridized carbons (Fsp3) is 0.571. The van der Waals surface area contributed by atoms with Crippen LogP contribution in [0.4, 0.5) is 0 Å². The van der Waals surface area contributed by atoms with Gasteiger partial charge in [-0.3, -0.25) is 0 Å². The molecule has 0 aliphatic heterocycles. The molecule has 1 rings (SSSR count). The fourth-order valence-corrected chi connectivity index (χ4v) is 3.10. The largest absolute Gasteiger partial charge is 0.327 e. The highest BCUT2D eigenvalue weighted by atomic mass is 35.5. The lowest BCUT2D eigenvalue weighted by atomic mass is 10.1. The number of sulfone groups is 1. The molecule has 0 spiro atoms. The third-order valence-corrected chi connectivity index (χ3v) is 6.14. The van der Waals surface area contributed by atoms with Crippen molar-refractivity contribution in [2.24, 2.45) is 5.73 Å². The Hall–Kier alpha value is -0.580. The number of nitrogens with two attached hydrogens (primary N) is 1. The summed E-state index contributed by atoms with van der Waals surface area (Å²) in [7, 11) is -3.11. The van der Waals surface area contributed by atoms with Crippen LogP contribution in [-0.4, -0.2) is 25.0 Å². The first-order valence-corrected chi connectivity index (χ1v) is 8.38. The van der Waals surface area contributed by atoms with Crippen molar-refractivity contribution in [3.8, 4) is 0 Å². The van der Waals surface area contributed by atoms with E-state index in [2.05, 4.69) is 0 Å². The van der Waals surface area contributed by atoms with E-state index in [1.54, 1.807) is 20.8 Å². The maximum atomic E-state index is 12.0. The maximum Gasteiger partial charge on any atom is 0.155 e. The van der Waals surface area contributed by atoms with Crippen molar-refractivity contribution >= 4 is 21.4 Å². The summed E-state index contributed by atoms with van der Waals surface area (Å²) in [5.41, 5.74) is 6.96. The molecule has 1 atom stereocenters. The highest BCUT2D eigenvalue weighted by Crippen LogP contribution is 2.20. The quantitative estimate of drug-likeness (QED) is 0.910. The van der Waals surface area contributed by atoms with Gasteiger partial charge in [-0.1, -0.05) is 29.8 Å². The maximum absolute atomic E-state index is 12.0. The molecule has 19 heavy (non-hydrogen) atoms. The monoisotopic (exact) mass is 303 g/mol. The van der Waals surface area contributed by atoms with Crippen LogP contribution in [0.2, 0.25) is 5.02 Å². The van der Waals surface area contributed by atoms with Crippen LogP contribution in [-0.2, 0) is 16.3 Å². The van der Waals surface area contributed by atoms with E-state index in [0.29, 0.717) is 17.9 Å². The van der Waals surface area contributed by atoms with Crippen molar-refractivity contribution in [2.75, 3.05) is 5.75 Å². The van der Waals surface area contributed by atoms with Crippen molar-refractivity contribution in [3.05, 3.63) is 34.9 Å². The van der Waals surface area contributed by atoms with Crippen molar-refractivity contribution in [1.29, 1.82) is 0 Å². The van der Waals surface area contributed by atoms with Crippen LogP contribution in [0.15, 0.2) is 24.3 Å². The summed E-state index contributed by atoms with van der Waals surface area (Å²) in [6.45, 7) is 5.13. The first-order valence-electron chi connectivity index (χ1n) is 6.35. The van der Waals surface area contributed by atoms with Gasteiger partial charge < -0.3 is 5.73 Å². The average Bonchev–Trinajstić information content (AvgIpc) is 2.28. The first kappa shape index (κ1) is 16.5. The molecule has 1 unspecified atom stereocenters. The molecular weight excluding hydrogens is 282 g/mol. The molecule has 0 saturated carbocycles. The summed E-state index contributed by atoms with van der Waals surface area (Å²) in [6, 6.07) is 7.30. The second-order valence-corrected chi connectivity index (χ2v) is 9.05. The minimum absolute atomic E-state index is 0.113. The van der Waals surface area contributed by atoms with Gasteiger partial charge in [-0.05, 0) is 45.2 Å². The zero-order valence-electron chi connectivity index (χ0n) is 11.7. The second-order valence-electron chi connectivity index (χ2n) is 5.78. The van der Waals surface area contributed by atoms with Gasteiger partial charge in [0, 0.05) is 11.1 Å². The Morgan fingerprint density at radius 1 is 1.26 bits per heavy atom. The van der Waals surface area contributed by atoms with Gasteiger partial charge in [0.1, 0.15) is 0 Å². The summed E-state index contributed by atoms with van der Waals surface area (Å²) in [6.07, 6.45) is 1.05. The van der Waals surface area contributed by atoms with Crippen molar-refractivity contribution in [3.63, 3.8) is 0 Å². The third kappa shape index (κ3) is 4.79. The Balaban J connectivity index is 2.59. The zero-order chi connectivity index (χ0) is 14.7. The van der Waals surface area contributed by atoms with Crippen LogP contribution in [0.5, 0.6) is 0 Å². The molecule has 0 fully saturated rings. The van der Waals surface area contributed by atoms with Gasteiger partial charge in [-0.2, -0.15) is 0 Å². The Labute approximate surface area is 121 Å². The van der Waals surface area contributed by atoms with E-state index >= 15 is 0 Å². The van der Waals surface area contributed by atoms with Crippen molar-refractivity contribution in [2.45, 2.75) is 44.4 Å². The van der Waals surface area contributed by atoms with E-state index in [4.69, 9.17) is 17.3 Å². The van der Waals surface area contributed by atoms with E-state index in [-0.39, 0.29) is 11.8 Å². The lowest BCUT2D eigenvalue weighted by molar-refractivity contribution is 0.549. The van der Waals surface area contributed by atoms with E-state index in [1.165, 1.54) is 0 Å². The molecule has 0 heterocycles. The molecule has 1 aromatic rings. The molecule has 3 nitrogen and oxygen atoms in total. The van der Waals surface area contributed by atoms with Gasteiger partial charge in [-0.15, -0.1) is 0 Å². The topological polar surface area (TPSA) is 60.2 Å². The van der Waals surface area contributed by atoms with E-state index < -0.39 is 14.6 Å². The molecule has 5 heteroatoms. The molecule has 0 aliphatic carbocycles. The molecule has 0 bridgehead atoms. The summed E-state index contributed by atoms with van der Waals surface area (Å²) < 4.78 is 23.3. The number of hydrogen-bond acceptors (Lipinski definition) is 3. The number of rotatable bonds is 5. The summed E-state index contributed by atoms with van der Waals surface area (Å²) in [4.78, 5) is 0. The lowest BCUT2D eigenvalue weighted by Crippen LogP contribution is -2.34. The molecule has 0 aliphatic rings. The van der Waals surface area contributed by atoms with Crippen molar-refractivity contribution < 1.29 is 8.42 Å². The van der Waals surface area contributed by atoms with Gasteiger partial charge in [-0.25, -0.2) is 8.42 Å². The van der Waals surface area contributed by atoms with Crippen LogP contribution in [0.25, 0.3) is 0 Å². The van der Waals surface area contributed by atoms with Gasteiger partial charge >= 0.3 is 0 Å². The van der Waals surface area contributed by atoms with Gasteiger partial charge in [0.25, 0.3) is 0 Å². The van der Waals surface area contributed by atoms with Crippen molar-refractivity contribution in [1.82, 2.24) is 0 Å². The molecule has 0 amide bonds. The zero-order valence-corrected chi connectivity index (χ0v) is 13.3. The Morgan fingerprint density at radius 2 is 1.84 bits per heavy atom. The Bertz CT molecular complexity index is 520. The van der Waals surface area contributed by atoms with E-state index in [0.717, 1.165) is 5.56 Å². The van der Waals surface area contributed by atoms with E-state index in [1.807, 2.05) is 24.3 Å². The second kappa shape index (κ2) is 6.25. The number of hydrogen-bond donors (Lipinski definition) is 1. The normalized spacial score (nSPS) is 14.4. The molecule has 0 saturated heterocycles. The minimum atomic E-state index is -3.11. The highest BCUT2D eigenvalue weighted by Gasteiger charge is 2.28. The van der Waals surface area contributed by atoms with Crippen LogP contribution in [0.3, 0.4) is 0 Å². The standard InChI is InChI=1S/C14H22ClNO2S/c1-14(2,3)19(17,18)9-8-12(16)10-11-6-4-5-7-13(11)15/h4-7,12H,8-10,16H2,1-3H3. The Morgan fingerprint density at radius 3 is 2.37 bits per heavy atom. The fourth-order valence-electron chi connectivity index (χ4n) is 1.66. The number of halogens is 1. The van der Waals surface area contributed by atoms with Gasteiger partial charge in [0.05, 0.1) is 10.5 Å². The highest BCUT2D eigenvalue weighted by molar-refractivity contribution is 7.92. The predicted octanol–water partition coefficient (Wildman–Crippen LogP) is 2.81. The lowest BCUT2D eigenvalue weighted by Gasteiger charge is -2.20. The van der Waals surface area contributed by atoms with Gasteiger partial charge in [0.15, 0.2) is 9.84 Å². The molecule has 0 aromatic heterocycles. The summed E-state index contributed by atoms with van der Waals surface area (Å²) in [5.74, 6) is 0.113. The van der Waals surface area contributed by atoms with Gasteiger partial charge in [0.2, 0.25) is 0 Å². The van der Waals surface area contributed by atoms with Crippen LogP contribution < -0.4 is 5.73 Å². The number of benzene rings is 1.